The summed E-state index contributed by atoms with van der Waals surface area (Å²) >= 11 is 0. The second-order valence-corrected chi connectivity index (χ2v) is 4.27. The number of hydrogen-bond acceptors (Lipinski definition) is 4. The van der Waals surface area contributed by atoms with Crippen molar-refractivity contribution < 1.29 is 23.0 Å². The average molecular weight is 289 g/mol. The minimum absolute atomic E-state index is 0.0724. The summed E-state index contributed by atoms with van der Waals surface area (Å²) in [5, 5.41) is 16.8. The van der Waals surface area contributed by atoms with Crippen LogP contribution in [0.1, 0.15) is 36.9 Å². The topological polar surface area (TPSA) is 59.7 Å². The van der Waals surface area contributed by atoms with Crippen molar-refractivity contribution >= 4 is 5.65 Å². The molecule has 20 heavy (non-hydrogen) atoms. The Labute approximate surface area is 113 Å². The summed E-state index contributed by atoms with van der Waals surface area (Å²) in [4.78, 5) is 0. The maximum atomic E-state index is 13.2. The molecule has 0 bridgehead atoms. The molecule has 2 aromatic rings. The molecule has 1 unspecified atom stereocenters. The molecular formula is C12H14F3N3O2. The fourth-order valence-corrected chi connectivity index (χ4v) is 1.95. The van der Waals surface area contributed by atoms with Gasteiger partial charge < -0.3 is 9.84 Å². The molecule has 0 spiro atoms. The van der Waals surface area contributed by atoms with Crippen molar-refractivity contribution in [2.24, 2.45) is 0 Å². The first-order chi connectivity index (χ1) is 9.36. The zero-order valence-corrected chi connectivity index (χ0v) is 11.0. The number of rotatable bonds is 4. The van der Waals surface area contributed by atoms with Crippen LogP contribution in [0.5, 0.6) is 0 Å². The Kier molecular flexibility index (Phi) is 3.96. The van der Waals surface area contributed by atoms with Gasteiger partial charge in [-0.25, -0.2) is 0 Å². The molecule has 110 valence electrons. The molecule has 1 N–H and O–H groups in total. The van der Waals surface area contributed by atoms with Crippen LogP contribution in [0.4, 0.5) is 13.2 Å². The highest BCUT2D eigenvalue weighted by Crippen LogP contribution is 2.37. The molecule has 0 saturated heterocycles. The monoisotopic (exact) mass is 289 g/mol. The summed E-state index contributed by atoms with van der Waals surface area (Å²) in [6.07, 6.45) is -4.46. The van der Waals surface area contributed by atoms with Crippen LogP contribution in [0.25, 0.3) is 5.65 Å². The molecule has 5 nitrogen and oxygen atoms in total. The molecule has 2 heterocycles. The lowest BCUT2D eigenvalue weighted by atomic mass is 10.0. The van der Waals surface area contributed by atoms with Gasteiger partial charge in [0.05, 0.1) is 6.10 Å². The first-order valence-electron chi connectivity index (χ1n) is 6.05. The summed E-state index contributed by atoms with van der Waals surface area (Å²) in [5.41, 5.74) is -1.52. The summed E-state index contributed by atoms with van der Waals surface area (Å²) in [6, 6.07) is 1.22. The first-order valence-corrected chi connectivity index (χ1v) is 6.05. The van der Waals surface area contributed by atoms with Crippen LogP contribution >= 0.6 is 0 Å². The molecule has 1 atom stereocenters. The van der Waals surface area contributed by atoms with Gasteiger partial charge in [0.1, 0.15) is 12.2 Å². The number of nitrogens with zero attached hydrogens (tertiary/aromatic N) is 3. The third-order valence-electron chi connectivity index (χ3n) is 2.85. The average Bonchev–Trinajstić information content (AvgIpc) is 2.76. The minimum Gasteiger partial charge on any atom is -0.389 e. The molecule has 0 aromatic carbocycles. The van der Waals surface area contributed by atoms with E-state index >= 15 is 0 Å². The van der Waals surface area contributed by atoms with E-state index in [-0.39, 0.29) is 23.6 Å². The second-order valence-electron chi connectivity index (χ2n) is 4.27. The lowest BCUT2D eigenvalue weighted by Crippen LogP contribution is -2.14. The van der Waals surface area contributed by atoms with Gasteiger partial charge in [0.25, 0.3) is 0 Å². The van der Waals surface area contributed by atoms with Gasteiger partial charge in [0, 0.05) is 12.8 Å². The maximum absolute atomic E-state index is 13.2. The van der Waals surface area contributed by atoms with Gasteiger partial charge in [-0.3, -0.25) is 4.40 Å². The maximum Gasteiger partial charge on any atom is 0.420 e. The van der Waals surface area contributed by atoms with E-state index in [1.54, 1.807) is 6.92 Å². The fraction of sp³-hybridized carbons (Fsp3) is 0.500. The van der Waals surface area contributed by atoms with E-state index in [0.29, 0.717) is 6.61 Å². The Balaban J connectivity index is 2.64. The predicted molar refractivity (Wildman–Crippen MR) is 64.0 cm³/mol. The third kappa shape index (κ3) is 2.61. The summed E-state index contributed by atoms with van der Waals surface area (Å²) in [7, 11) is 0. The third-order valence-corrected chi connectivity index (χ3v) is 2.85. The highest BCUT2D eigenvalue weighted by Gasteiger charge is 2.38. The van der Waals surface area contributed by atoms with Crippen molar-refractivity contribution in [1.82, 2.24) is 14.6 Å². The van der Waals surface area contributed by atoms with E-state index in [0.717, 1.165) is 0 Å². The number of alkyl halides is 3. The highest BCUT2D eigenvalue weighted by atomic mass is 19.4. The van der Waals surface area contributed by atoms with Gasteiger partial charge in [-0.05, 0) is 25.5 Å². The fourth-order valence-electron chi connectivity index (χ4n) is 1.95. The number of fused-ring (bicyclic) bond motifs is 1. The predicted octanol–water partition coefficient (Wildman–Crippen LogP) is 2.34. The molecule has 0 radical (unpaired) electrons. The second kappa shape index (κ2) is 5.37. The van der Waals surface area contributed by atoms with Gasteiger partial charge in [-0.2, -0.15) is 13.2 Å². The zero-order valence-electron chi connectivity index (χ0n) is 11.0. The lowest BCUT2D eigenvalue weighted by molar-refractivity contribution is -0.138. The molecule has 0 fully saturated rings. The number of halogens is 3. The van der Waals surface area contributed by atoms with Crippen molar-refractivity contribution in [3.05, 3.63) is 29.2 Å². The molecule has 2 aromatic heterocycles. The van der Waals surface area contributed by atoms with Crippen LogP contribution in [0.2, 0.25) is 0 Å². The molecule has 0 amide bonds. The van der Waals surface area contributed by atoms with Crippen molar-refractivity contribution in [1.29, 1.82) is 0 Å². The summed E-state index contributed by atoms with van der Waals surface area (Å²) in [6.45, 7) is 3.55. The Hall–Kier alpha value is -1.67. The molecular weight excluding hydrogens is 275 g/mol. The van der Waals surface area contributed by atoms with Gasteiger partial charge in [-0.1, -0.05) is 0 Å². The van der Waals surface area contributed by atoms with Gasteiger partial charge >= 0.3 is 6.18 Å². The standard InChI is InChI=1S/C12H14F3N3O2/c1-3-20-6-9-16-17-11-10(12(13,14)15)8(7(2)19)4-5-18(9)11/h4-5,7,19H,3,6H2,1-2H3. The van der Waals surface area contributed by atoms with Crippen LogP contribution < -0.4 is 0 Å². The largest absolute Gasteiger partial charge is 0.420 e. The molecule has 0 aliphatic carbocycles. The Morgan fingerprint density at radius 2 is 2.10 bits per heavy atom. The number of aliphatic hydroxyl groups is 1. The molecule has 8 heteroatoms. The Morgan fingerprint density at radius 1 is 1.40 bits per heavy atom. The highest BCUT2D eigenvalue weighted by molar-refractivity contribution is 5.54. The SMILES string of the molecule is CCOCc1nnc2c(C(F)(F)F)c(C(C)O)ccn12. The first kappa shape index (κ1) is 14.7. The van der Waals surface area contributed by atoms with E-state index in [1.165, 1.54) is 23.6 Å². The minimum atomic E-state index is -4.62. The van der Waals surface area contributed by atoms with Crippen molar-refractivity contribution in [2.45, 2.75) is 32.7 Å². The zero-order chi connectivity index (χ0) is 14.9. The van der Waals surface area contributed by atoms with Crippen LogP contribution in [-0.2, 0) is 17.5 Å². The normalized spacial score (nSPS) is 13.9. The van der Waals surface area contributed by atoms with E-state index in [4.69, 9.17) is 4.74 Å². The smallest absolute Gasteiger partial charge is 0.389 e. The van der Waals surface area contributed by atoms with E-state index in [9.17, 15) is 18.3 Å². The van der Waals surface area contributed by atoms with Gasteiger partial charge in [0.15, 0.2) is 11.5 Å². The Bertz CT molecular complexity index is 608. The number of pyridine rings is 1. The molecule has 2 rings (SSSR count). The quantitative estimate of drug-likeness (QED) is 0.938. The lowest BCUT2D eigenvalue weighted by Gasteiger charge is -2.15. The number of ether oxygens (including phenoxy) is 1. The number of hydrogen-bond donors (Lipinski definition) is 1. The van der Waals surface area contributed by atoms with Gasteiger partial charge in [-0.15, -0.1) is 10.2 Å². The Morgan fingerprint density at radius 3 is 2.65 bits per heavy atom. The summed E-state index contributed by atoms with van der Waals surface area (Å²) < 4.78 is 45.9. The molecule has 0 aliphatic heterocycles. The number of aliphatic hydroxyl groups excluding tert-OH is 1. The van der Waals surface area contributed by atoms with E-state index in [2.05, 4.69) is 10.2 Å². The van der Waals surface area contributed by atoms with Crippen LogP contribution in [-0.4, -0.2) is 26.3 Å². The van der Waals surface area contributed by atoms with Gasteiger partial charge in [0.2, 0.25) is 0 Å². The number of aromatic nitrogens is 3. The van der Waals surface area contributed by atoms with Crippen LogP contribution in [0.3, 0.4) is 0 Å². The molecule has 0 saturated carbocycles. The van der Waals surface area contributed by atoms with E-state index in [1.807, 2.05) is 0 Å². The molecule has 0 aliphatic rings. The summed E-state index contributed by atoms with van der Waals surface area (Å²) in [5.74, 6) is 0.282. The van der Waals surface area contributed by atoms with E-state index < -0.39 is 17.8 Å². The van der Waals surface area contributed by atoms with Crippen molar-refractivity contribution in [3.8, 4) is 0 Å². The van der Waals surface area contributed by atoms with Crippen molar-refractivity contribution in [3.63, 3.8) is 0 Å². The van der Waals surface area contributed by atoms with Crippen LogP contribution in [0, 0.1) is 0 Å². The van der Waals surface area contributed by atoms with Crippen LogP contribution in [0.15, 0.2) is 12.3 Å². The van der Waals surface area contributed by atoms with Crippen molar-refractivity contribution in [2.75, 3.05) is 6.61 Å².